The quantitative estimate of drug-likeness (QED) is 0.854. The predicted molar refractivity (Wildman–Crippen MR) is 108 cm³/mol. The summed E-state index contributed by atoms with van der Waals surface area (Å²) < 4.78 is 0. The molecule has 4 heterocycles. The molecular weight excluding hydrogens is 368 g/mol. The molecule has 1 saturated heterocycles. The van der Waals surface area contributed by atoms with Crippen molar-refractivity contribution in [3.8, 4) is 0 Å². The third kappa shape index (κ3) is 3.92. The molecule has 4 rings (SSSR count). The Hall–Kier alpha value is -3.03. The minimum absolute atomic E-state index is 0.00620. The zero-order valence-corrected chi connectivity index (χ0v) is 16.9. The molecule has 1 atom stereocenters. The van der Waals surface area contributed by atoms with E-state index in [-0.39, 0.29) is 17.7 Å². The van der Waals surface area contributed by atoms with Crippen LogP contribution >= 0.6 is 0 Å². The lowest BCUT2D eigenvalue weighted by atomic mass is 9.95. The Balaban J connectivity index is 1.57. The van der Waals surface area contributed by atoms with E-state index in [1.54, 1.807) is 31.5 Å². The number of fused-ring (bicyclic) bond motifs is 1. The maximum absolute atomic E-state index is 12.8. The second-order valence-corrected chi connectivity index (χ2v) is 7.63. The third-order valence-corrected chi connectivity index (χ3v) is 5.74. The smallest absolute Gasteiger partial charge is 0.255 e. The topological polar surface area (TPSA) is 91.3 Å². The number of carbonyl (C=O) groups excluding carboxylic acids is 2. The van der Waals surface area contributed by atoms with Gasteiger partial charge in [0, 0.05) is 63.9 Å². The Bertz CT molecular complexity index is 900. The van der Waals surface area contributed by atoms with E-state index >= 15 is 0 Å². The molecule has 152 valence electrons. The molecule has 8 nitrogen and oxygen atoms in total. The van der Waals surface area contributed by atoms with Crippen molar-refractivity contribution in [3.05, 3.63) is 47.2 Å². The number of nitrogens with zero attached hydrogens (tertiary/aromatic N) is 5. The van der Waals surface area contributed by atoms with Gasteiger partial charge in [-0.3, -0.25) is 14.6 Å². The van der Waals surface area contributed by atoms with E-state index in [1.165, 1.54) is 0 Å². The second kappa shape index (κ2) is 8.14. The van der Waals surface area contributed by atoms with Crippen LogP contribution in [0.5, 0.6) is 0 Å². The zero-order chi connectivity index (χ0) is 20.4. The van der Waals surface area contributed by atoms with Gasteiger partial charge in [-0.05, 0) is 25.0 Å². The average Bonchev–Trinajstić information content (AvgIpc) is 2.78. The van der Waals surface area contributed by atoms with E-state index in [2.05, 4.69) is 10.3 Å². The van der Waals surface area contributed by atoms with Gasteiger partial charge in [-0.15, -0.1) is 0 Å². The van der Waals surface area contributed by atoms with Gasteiger partial charge < -0.3 is 15.1 Å². The van der Waals surface area contributed by atoms with Crippen LogP contribution in [0.2, 0.25) is 0 Å². The van der Waals surface area contributed by atoms with Crippen LogP contribution in [0, 0.1) is 0 Å². The fourth-order valence-electron chi connectivity index (χ4n) is 4.14. The van der Waals surface area contributed by atoms with Gasteiger partial charge in [0.15, 0.2) is 0 Å². The molecule has 0 aromatic carbocycles. The number of aromatic nitrogens is 3. The van der Waals surface area contributed by atoms with E-state index in [9.17, 15) is 9.59 Å². The molecule has 1 N–H and O–H groups in total. The van der Waals surface area contributed by atoms with Gasteiger partial charge in [-0.25, -0.2) is 9.97 Å². The van der Waals surface area contributed by atoms with Crippen LogP contribution in [0.3, 0.4) is 0 Å². The standard InChI is InChI=1S/C21H26N6O2/c1-14(28)26-10-7-18-17(13-26)20(22-2)25-19(24-18)16-6-4-9-27(12-16)21(29)15-5-3-8-23-11-15/h3,5,8,11,16H,4,6-7,9-10,12-13H2,1-2H3,(H,22,24,25)/t16-/m1/s1. The first-order valence-corrected chi connectivity index (χ1v) is 10.1. The minimum atomic E-state index is 0.00620. The highest BCUT2D eigenvalue weighted by atomic mass is 16.2. The lowest BCUT2D eigenvalue weighted by Crippen LogP contribution is -2.40. The Kier molecular flexibility index (Phi) is 5.42. The van der Waals surface area contributed by atoms with Crippen LogP contribution in [0.25, 0.3) is 0 Å². The summed E-state index contributed by atoms with van der Waals surface area (Å²) in [7, 11) is 1.85. The number of amides is 2. The average molecular weight is 394 g/mol. The van der Waals surface area contributed by atoms with E-state index in [1.807, 2.05) is 16.8 Å². The molecule has 0 bridgehead atoms. The van der Waals surface area contributed by atoms with Crippen LogP contribution in [-0.4, -0.2) is 63.2 Å². The van der Waals surface area contributed by atoms with E-state index in [4.69, 9.17) is 9.97 Å². The molecule has 8 heteroatoms. The summed E-state index contributed by atoms with van der Waals surface area (Å²) in [4.78, 5) is 42.0. The molecule has 2 aromatic rings. The highest BCUT2D eigenvalue weighted by Gasteiger charge is 2.30. The maximum Gasteiger partial charge on any atom is 0.255 e. The van der Waals surface area contributed by atoms with Crippen molar-refractivity contribution in [2.45, 2.75) is 38.6 Å². The maximum atomic E-state index is 12.8. The Morgan fingerprint density at radius 1 is 1.21 bits per heavy atom. The molecule has 0 aliphatic carbocycles. The van der Waals surface area contributed by atoms with Crippen LogP contribution in [0.1, 0.15) is 53.1 Å². The number of anilines is 1. The lowest BCUT2D eigenvalue weighted by Gasteiger charge is -2.33. The first-order valence-electron chi connectivity index (χ1n) is 10.1. The van der Waals surface area contributed by atoms with Gasteiger partial charge in [0.1, 0.15) is 11.6 Å². The fourth-order valence-corrected chi connectivity index (χ4v) is 4.14. The molecular formula is C21H26N6O2. The molecule has 0 unspecified atom stereocenters. The molecule has 2 aliphatic rings. The first kappa shape index (κ1) is 19.3. The highest BCUT2D eigenvalue weighted by molar-refractivity contribution is 5.94. The fraction of sp³-hybridized carbons (Fsp3) is 0.476. The summed E-state index contributed by atoms with van der Waals surface area (Å²) in [6.45, 7) is 4.15. The van der Waals surface area contributed by atoms with Gasteiger partial charge in [0.2, 0.25) is 5.91 Å². The van der Waals surface area contributed by atoms with Gasteiger partial charge in [0.05, 0.1) is 17.8 Å². The summed E-state index contributed by atoms with van der Waals surface area (Å²) in [5.74, 6) is 1.75. The van der Waals surface area contributed by atoms with Gasteiger partial charge in [-0.2, -0.15) is 0 Å². The van der Waals surface area contributed by atoms with Crippen molar-refractivity contribution in [1.29, 1.82) is 0 Å². The van der Waals surface area contributed by atoms with Crippen LogP contribution in [0.15, 0.2) is 24.5 Å². The molecule has 2 amide bonds. The highest BCUT2D eigenvalue weighted by Crippen LogP contribution is 2.30. The largest absolute Gasteiger partial charge is 0.373 e. The van der Waals surface area contributed by atoms with Crippen molar-refractivity contribution in [2.75, 3.05) is 32.0 Å². The summed E-state index contributed by atoms with van der Waals surface area (Å²) in [6, 6.07) is 3.58. The normalized spacial score (nSPS) is 18.9. The number of nitrogens with one attached hydrogen (secondary N) is 1. The molecule has 29 heavy (non-hydrogen) atoms. The number of carbonyl (C=O) groups is 2. The number of rotatable bonds is 3. The molecule has 2 aromatic heterocycles. The summed E-state index contributed by atoms with van der Waals surface area (Å²) >= 11 is 0. The summed E-state index contributed by atoms with van der Waals surface area (Å²) in [5, 5.41) is 3.18. The van der Waals surface area contributed by atoms with Gasteiger partial charge >= 0.3 is 0 Å². The first-order chi connectivity index (χ1) is 14.1. The van der Waals surface area contributed by atoms with E-state index < -0.39 is 0 Å². The van der Waals surface area contributed by atoms with Crippen molar-refractivity contribution in [1.82, 2.24) is 24.8 Å². The molecule has 0 saturated carbocycles. The number of hydrogen-bond acceptors (Lipinski definition) is 6. The molecule has 2 aliphatic heterocycles. The zero-order valence-electron chi connectivity index (χ0n) is 16.9. The molecule has 0 spiro atoms. The van der Waals surface area contributed by atoms with Crippen LogP contribution < -0.4 is 5.32 Å². The van der Waals surface area contributed by atoms with Crippen LogP contribution in [0.4, 0.5) is 5.82 Å². The van der Waals surface area contributed by atoms with Crippen LogP contribution in [-0.2, 0) is 17.8 Å². The monoisotopic (exact) mass is 394 g/mol. The number of likely N-dealkylation sites (tertiary alicyclic amines) is 1. The van der Waals surface area contributed by atoms with Crippen molar-refractivity contribution in [3.63, 3.8) is 0 Å². The number of piperidine rings is 1. The minimum Gasteiger partial charge on any atom is -0.373 e. The van der Waals surface area contributed by atoms with Crippen molar-refractivity contribution in [2.24, 2.45) is 0 Å². The van der Waals surface area contributed by atoms with Gasteiger partial charge in [0.25, 0.3) is 5.91 Å². The lowest BCUT2D eigenvalue weighted by molar-refractivity contribution is -0.129. The second-order valence-electron chi connectivity index (χ2n) is 7.63. The Morgan fingerprint density at radius 3 is 2.79 bits per heavy atom. The molecule has 1 fully saturated rings. The van der Waals surface area contributed by atoms with Gasteiger partial charge in [-0.1, -0.05) is 0 Å². The van der Waals surface area contributed by atoms with E-state index in [0.29, 0.717) is 25.2 Å². The number of hydrogen-bond donors (Lipinski definition) is 1. The molecule has 0 radical (unpaired) electrons. The SMILES string of the molecule is CNc1nc([C@@H]2CCCN(C(=O)c3cccnc3)C2)nc2c1CN(C(C)=O)CC2. The Labute approximate surface area is 170 Å². The Morgan fingerprint density at radius 2 is 2.07 bits per heavy atom. The third-order valence-electron chi connectivity index (χ3n) is 5.74. The summed E-state index contributed by atoms with van der Waals surface area (Å²) in [5.41, 5.74) is 2.61. The van der Waals surface area contributed by atoms with Crippen molar-refractivity contribution < 1.29 is 9.59 Å². The summed E-state index contributed by atoms with van der Waals surface area (Å²) in [6.07, 6.45) is 5.89. The number of pyridine rings is 1. The van der Waals surface area contributed by atoms with Crippen molar-refractivity contribution >= 4 is 17.6 Å². The predicted octanol–water partition coefficient (Wildman–Crippen LogP) is 1.84. The van der Waals surface area contributed by atoms with E-state index in [0.717, 1.165) is 48.7 Å².